The van der Waals surface area contributed by atoms with Gasteiger partial charge < -0.3 is 0 Å². The van der Waals surface area contributed by atoms with Gasteiger partial charge in [0.15, 0.2) is 0 Å². The summed E-state index contributed by atoms with van der Waals surface area (Å²) in [7, 11) is 0. The predicted molar refractivity (Wildman–Crippen MR) is 43.4 cm³/mol. The Morgan fingerprint density at radius 2 is 2.30 bits per heavy atom. The molecule has 0 bridgehead atoms. The zero-order valence-corrected chi connectivity index (χ0v) is 6.21. The normalized spacial score (nSPS) is 25.8. The first-order valence-electron chi connectivity index (χ1n) is 4.14. The Morgan fingerprint density at radius 1 is 1.40 bits per heavy atom. The largest absolute Gasteiger partial charge is 0.293 e. The lowest BCUT2D eigenvalue weighted by Gasteiger charge is -2.28. The summed E-state index contributed by atoms with van der Waals surface area (Å²) < 4.78 is 0. The Kier molecular flexibility index (Phi) is 1.58. The molecule has 0 aromatic heterocycles. The van der Waals surface area contributed by atoms with Crippen molar-refractivity contribution in [2.24, 2.45) is 10.9 Å². The summed E-state index contributed by atoms with van der Waals surface area (Å²) in [4.78, 5) is 4.17. The quantitative estimate of drug-likeness (QED) is 0.489. The van der Waals surface area contributed by atoms with Gasteiger partial charge in [-0.1, -0.05) is 18.1 Å². The minimum atomic E-state index is 0.936. The smallest absolute Gasteiger partial charge is 0.0569 e. The molecule has 2 aliphatic rings. The molecule has 0 aromatic carbocycles. The summed E-state index contributed by atoms with van der Waals surface area (Å²) >= 11 is 0. The second kappa shape index (κ2) is 2.57. The van der Waals surface area contributed by atoms with Crippen LogP contribution in [0.1, 0.15) is 25.7 Å². The molecule has 0 radical (unpaired) electrons. The lowest BCUT2D eigenvalue weighted by Crippen LogP contribution is -2.15. The third-order valence-electron chi connectivity index (χ3n) is 2.54. The predicted octanol–water partition coefficient (Wildman–Crippen LogP) is 2.19. The van der Waals surface area contributed by atoms with Crippen molar-refractivity contribution in [3.05, 3.63) is 11.6 Å². The van der Waals surface area contributed by atoms with Gasteiger partial charge in [0.2, 0.25) is 0 Å². The van der Waals surface area contributed by atoms with Crippen molar-refractivity contribution >= 4 is 6.21 Å². The van der Waals surface area contributed by atoms with Gasteiger partial charge in [-0.25, -0.2) is 0 Å². The van der Waals surface area contributed by atoms with Crippen LogP contribution in [0.2, 0.25) is 0 Å². The molecule has 1 saturated carbocycles. The molecule has 0 spiro atoms. The van der Waals surface area contributed by atoms with Crippen molar-refractivity contribution in [2.45, 2.75) is 25.7 Å². The molecule has 2 rings (SSSR count). The number of rotatable bonds is 1. The van der Waals surface area contributed by atoms with Crippen LogP contribution in [0, 0.1) is 5.92 Å². The number of hydrogen-bond donors (Lipinski definition) is 0. The van der Waals surface area contributed by atoms with E-state index in [2.05, 4.69) is 17.3 Å². The van der Waals surface area contributed by atoms with Crippen LogP contribution in [0.5, 0.6) is 0 Å². The minimum Gasteiger partial charge on any atom is -0.293 e. The molecular weight excluding hydrogens is 122 g/mol. The first-order valence-corrected chi connectivity index (χ1v) is 4.14. The Hall–Kier alpha value is -0.590. The summed E-state index contributed by atoms with van der Waals surface area (Å²) in [5.74, 6) is 0.937. The minimum absolute atomic E-state index is 0.936. The molecule has 1 aliphatic heterocycles. The maximum Gasteiger partial charge on any atom is 0.0569 e. The fourth-order valence-corrected chi connectivity index (χ4v) is 1.61. The van der Waals surface area contributed by atoms with E-state index in [0.29, 0.717) is 0 Å². The van der Waals surface area contributed by atoms with Crippen molar-refractivity contribution < 1.29 is 0 Å². The molecule has 0 aromatic rings. The van der Waals surface area contributed by atoms with Gasteiger partial charge in [0.05, 0.1) is 6.54 Å². The maximum atomic E-state index is 4.17. The molecule has 1 heterocycles. The summed E-state index contributed by atoms with van der Waals surface area (Å²) in [6.45, 7) is 0.936. The summed E-state index contributed by atoms with van der Waals surface area (Å²) in [6, 6.07) is 0. The molecular formula is C9H13N. The SMILES string of the molecule is C1=NCC=C(C2CCC2)C1. The van der Waals surface area contributed by atoms with E-state index in [4.69, 9.17) is 0 Å². The Labute approximate surface area is 61.9 Å². The van der Waals surface area contributed by atoms with Gasteiger partial charge in [-0.2, -0.15) is 0 Å². The van der Waals surface area contributed by atoms with E-state index < -0.39 is 0 Å². The van der Waals surface area contributed by atoms with E-state index in [1.54, 1.807) is 5.57 Å². The number of dihydropyridines is 1. The van der Waals surface area contributed by atoms with Gasteiger partial charge in [0.1, 0.15) is 0 Å². The van der Waals surface area contributed by atoms with Crippen LogP contribution in [0.15, 0.2) is 16.6 Å². The zero-order valence-electron chi connectivity index (χ0n) is 6.21. The molecule has 0 atom stereocenters. The molecule has 1 fully saturated rings. The van der Waals surface area contributed by atoms with Crippen LogP contribution < -0.4 is 0 Å². The summed E-state index contributed by atoms with van der Waals surface area (Å²) in [5, 5.41) is 0. The van der Waals surface area contributed by atoms with Crippen LogP contribution in [-0.4, -0.2) is 12.8 Å². The highest BCUT2D eigenvalue weighted by molar-refractivity contribution is 5.63. The summed E-state index contributed by atoms with van der Waals surface area (Å²) in [5.41, 5.74) is 1.65. The van der Waals surface area contributed by atoms with Crippen LogP contribution >= 0.6 is 0 Å². The van der Waals surface area contributed by atoms with E-state index in [-0.39, 0.29) is 0 Å². The molecule has 1 nitrogen and oxygen atoms in total. The highest BCUT2D eigenvalue weighted by atomic mass is 14.7. The average molecular weight is 135 g/mol. The number of nitrogens with zero attached hydrogens (tertiary/aromatic N) is 1. The van der Waals surface area contributed by atoms with Gasteiger partial charge in [0.25, 0.3) is 0 Å². The first-order chi connectivity index (χ1) is 4.97. The fourth-order valence-electron chi connectivity index (χ4n) is 1.61. The monoisotopic (exact) mass is 135 g/mol. The van der Waals surface area contributed by atoms with Gasteiger partial charge in [-0.05, 0) is 18.8 Å². The third-order valence-corrected chi connectivity index (χ3v) is 2.54. The fraction of sp³-hybridized carbons (Fsp3) is 0.667. The van der Waals surface area contributed by atoms with Crippen LogP contribution in [0.3, 0.4) is 0 Å². The molecule has 1 aliphatic carbocycles. The summed E-state index contributed by atoms with van der Waals surface area (Å²) in [6.07, 6.45) is 9.81. The maximum absolute atomic E-state index is 4.17. The standard InChI is InChI=1S/C9H13N/c1-2-8(3-1)9-4-6-10-7-5-9/h4,7-8H,1-3,5-6H2. The molecule has 0 unspecified atom stereocenters. The number of aliphatic imine (C=N–C) groups is 1. The van der Waals surface area contributed by atoms with E-state index in [9.17, 15) is 0 Å². The average Bonchev–Trinajstić information content (AvgIpc) is 1.86. The second-order valence-electron chi connectivity index (χ2n) is 3.16. The Morgan fingerprint density at radius 3 is 2.80 bits per heavy atom. The van der Waals surface area contributed by atoms with Crippen molar-refractivity contribution in [3.63, 3.8) is 0 Å². The van der Waals surface area contributed by atoms with Gasteiger partial charge >= 0.3 is 0 Å². The molecule has 10 heavy (non-hydrogen) atoms. The topological polar surface area (TPSA) is 12.4 Å². The van der Waals surface area contributed by atoms with E-state index in [1.165, 1.54) is 19.3 Å². The van der Waals surface area contributed by atoms with Crippen LogP contribution in [-0.2, 0) is 0 Å². The molecule has 0 amide bonds. The van der Waals surface area contributed by atoms with Crippen LogP contribution in [0.4, 0.5) is 0 Å². The lowest BCUT2D eigenvalue weighted by atomic mass is 9.78. The molecule has 0 saturated heterocycles. The number of hydrogen-bond acceptors (Lipinski definition) is 1. The van der Waals surface area contributed by atoms with Gasteiger partial charge in [-0.3, -0.25) is 4.99 Å². The second-order valence-corrected chi connectivity index (χ2v) is 3.16. The molecule has 1 heteroatoms. The third kappa shape index (κ3) is 1.00. The Bertz CT molecular complexity index is 175. The molecule has 54 valence electrons. The highest BCUT2D eigenvalue weighted by Crippen LogP contribution is 2.34. The highest BCUT2D eigenvalue weighted by Gasteiger charge is 2.21. The van der Waals surface area contributed by atoms with Crippen molar-refractivity contribution in [2.75, 3.05) is 6.54 Å². The van der Waals surface area contributed by atoms with Crippen molar-refractivity contribution in [1.29, 1.82) is 0 Å². The van der Waals surface area contributed by atoms with Crippen molar-refractivity contribution in [3.8, 4) is 0 Å². The molecule has 0 N–H and O–H groups in total. The first kappa shape index (κ1) is 6.14. The number of allylic oxidation sites excluding steroid dienone is 1. The Balaban J connectivity index is 1.96. The zero-order chi connectivity index (χ0) is 6.81. The van der Waals surface area contributed by atoms with E-state index in [1.807, 2.05) is 0 Å². The van der Waals surface area contributed by atoms with Gasteiger partial charge in [-0.15, -0.1) is 0 Å². The lowest BCUT2D eigenvalue weighted by molar-refractivity contribution is 0.364. The van der Waals surface area contributed by atoms with E-state index >= 15 is 0 Å². The van der Waals surface area contributed by atoms with Crippen LogP contribution in [0.25, 0.3) is 0 Å². The van der Waals surface area contributed by atoms with E-state index in [0.717, 1.165) is 18.9 Å². The van der Waals surface area contributed by atoms with Crippen molar-refractivity contribution in [1.82, 2.24) is 0 Å². The van der Waals surface area contributed by atoms with Gasteiger partial charge in [0, 0.05) is 12.6 Å².